The molecule has 0 spiro atoms. The van der Waals surface area contributed by atoms with Gasteiger partial charge in [-0.3, -0.25) is 9.59 Å². The van der Waals surface area contributed by atoms with E-state index in [1.54, 1.807) is 54.2 Å². The summed E-state index contributed by atoms with van der Waals surface area (Å²) in [4.78, 5) is 40.0. The van der Waals surface area contributed by atoms with Crippen LogP contribution in [0.4, 0.5) is 4.79 Å². The molecule has 2 aromatic carbocycles. The van der Waals surface area contributed by atoms with Gasteiger partial charge in [-0.15, -0.1) is 0 Å². The molecule has 0 unspecified atom stereocenters. The lowest BCUT2D eigenvalue weighted by atomic mass is 10.1. The van der Waals surface area contributed by atoms with Crippen molar-refractivity contribution >= 4 is 24.0 Å². The molecule has 8 nitrogen and oxygen atoms in total. The Hall–Kier alpha value is -3.81. The molecule has 0 N–H and O–H groups in total. The van der Waals surface area contributed by atoms with Crippen molar-refractivity contribution in [2.45, 2.75) is 6.92 Å². The van der Waals surface area contributed by atoms with Crippen LogP contribution in [0.15, 0.2) is 54.6 Å². The second kappa shape index (κ2) is 11.0. The van der Waals surface area contributed by atoms with E-state index >= 15 is 0 Å². The lowest BCUT2D eigenvalue weighted by Gasteiger charge is -2.34. The van der Waals surface area contributed by atoms with E-state index in [-0.39, 0.29) is 18.4 Å². The van der Waals surface area contributed by atoms with Crippen molar-refractivity contribution in [2.24, 2.45) is 0 Å². The molecule has 0 aliphatic carbocycles. The Kier molecular flexibility index (Phi) is 7.85. The van der Waals surface area contributed by atoms with Crippen molar-refractivity contribution in [3.8, 4) is 11.5 Å². The molecule has 1 heterocycles. The zero-order valence-corrected chi connectivity index (χ0v) is 18.2. The summed E-state index contributed by atoms with van der Waals surface area (Å²) in [7, 11) is 1.60. The molecule has 1 fully saturated rings. The fourth-order valence-electron chi connectivity index (χ4n) is 3.24. The van der Waals surface area contributed by atoms with Crippen LogP contribution in [0.1, 0.15) is 22.8 Å². The molecule has 2 aromatic rings. The molecule has 0 saturated carbocycles. The number of amides is 2. The van der Waals surface area contributed by atoms with Gasteiger partial charge in [0.1, 0.15) is 11.5 Å². The van der Waals surface area contributed by atoms with E-state index < -0.39 is 6.16 Å². The summed E-state index contributed by atoms with van der Waals surface area (Å²) in [6.45, 7) is 3.71. The molecule has 1 saturated heterocycles. The number of piperazine rings is 1. The van der Waals surface area contributed by atoms with Gasteiger partial charge in [0.25, 0.3) is 5.91 Å². The number of nitrogens with zero attached hydrogens (tertiary/aromatic N) is 2. The first-order valence-electron chi connectivity index (χ1n) is 10.3. The van der Waals surface area contributed by atoms with Crippen LogP contribution < -0.4 is 9.47 Å². The van der Waals surface area contributed by atoms with Crippen LogP contribution in [0.5, 0.6) is 11.5 Å². The van der Waals surface area contributed by atoms with E-state index in [1.807, 2.05) is 24.3 Å². The summed E-state index contributed by atoms with van der Waals surface area (Å²) < 4.78 is 14.9. The largest absolute Gasteiger partial charge is 0.513 e. The highest BCUT2D eigenvalue weighted by Crippen LogP contribution is 2.16. The van der Waals surface area contributed by atoms with Crippen LogP contribution in [-0.2, 0) is 9.53 Å². The molecular formula is C24H26N2O6. The van der Waals surface area contributed by atoms with Crippen molar-refractivity contribution in [1.82, 2.24) is 9.80 Å². The normalized spacial score (nSPS) is 13.7. The molecule has 0 radical (unpaired) electrons. The van der Waals surface area contributed by atoms with E-state index in [4.69, 9.17) is 14.2 Å². The summed E-state index contributed by atoms with van der Waals surface area (Å²) in [5.41, 5.74) is 1.36. The summed E-state index contributed by atoms with van der Waals surface area (Å²) >= 11 is 0. The molecule has 168 valence electrons. The van der Waals surface area contributed by atoms with Gasteiger partial charge in [0.2, 0.25) is 5.91 Å². The van der Waals surface area contributed by atoms with Crippen molar-refractivity contribution in [3.63, 3.8) is 0 Å². The molecule has 32 heavy (non-hydrogen) atoms. The van der Waals surface area contributed by atoms with E-state index in [1.165, 1.54) is 6.08 Å². The summed E-state index contributed by atoms with van der Waals surface area (Å²) in [5.74, 6) is 0.803. The van der Waals surface area contributed by atoms with Crippen molar-refractivity contribution < 1.29 is 28.6 Å². The van der Waals surface area contributed by atoms with Gasteiger partial charge in [-0.05, 0) is 55.0 Å². The number of ether oxygens (including phenoxy) is 3. The number of hydrogen-bond donors (Lipinski definition) is 0. The maximum Gasteiger partial charge on any atom is 0.513 e. The van der Waals surface area contributed by atoms with Gasteiger partial charge < -0.3 is 24.0 Å². The van der Waals surface area contributed by atoms with Gasteiger partial charge in [0.15, 0.2) is 0 Å². The molecule has 8 heteroatoms. The van der Waals surface area contributed by atoms with Gasteiger partial charge in [-0.25, -0.2) is 4.79 Å². The highest BCUT2D eigenvalue weighted by molar-refractivity contribution is 5.95. The number of rotatable bonds is 6. The summed E-state index contributed by atoms with van der Waals surface area (Å²) in [6, 6.07) is 13.8. The lowest BCUT2D eigenvalue weighted by molar-refractivity contribution is -0.127. The standard InChI is InChI=1S/C24H26N2O6/c1-3-31-24(29)32-20-10-8-19(9-11-20)23(28)26-15-13-25(14-16-26)22(27)12-7-18-5-4-6-21(17-18)30-2/h4-12,17H,3,13-16H2,1-2H3/b12-7+. The van der Waals surface area contributed by atoms with Crippen molar-refractivity contribution in [3.05, 3.63) is 65.7 Å². The maximum absolute atomic E-state index is 12.7. The Morgan fingerprint density at radius 1 is 0.938 bits per heavy atom. The van der Waals surface area contributed by atoms with E-state index in [2.05, 4.69) is 0 Å². The van der Waals surface area contributed by atoms with Crippen LogP contribution in [0.3, 0.4) is 0 Å². The average Bonchev–Trinajstić information content (AvgIpc) is 2.83. The fourth-order valence-corrected chi connectivity index (χ4v) is 3.24. The fraction of sp³-hybridized carbons (Fsp3) is 0.292. The molecule has 3 rings (SSSR count). The third-order valence-electron chi connectivity index (χ3n) is 4.96. The van der Waals surface area contributed by atoms with Crippen LogP contribution in [0.2, 0.25) is 0 Å². The molecular weight excluding hydrogens is 412 g/mol. The van der Waals surface area contributed by atoms with Gasteiger partial charge in [-0.2, -0.15) is 0 Å². The summed E-state index contributed by atoms with van der Waals surface area (Å²) in [5, 5.41) is 0. The molecule has 0 bridgehead atoms. The minimum absolute atomic E-state index is 0.0969. The number of hydrogen-bond acceptors (Lipinski definition) is 6. The van der Waals surface area contributed by atoms with E-state index in [0.717, 1.165) is 11.3 Å². The predicted molar refractivity (Wildman–Crippen MR) is 119 cm³/mol. The monoisotopic (exact) mass is 438 g/mol. The smallest absolute Gasteiger partial charge is 0.497 e. The van der Waals surface area contributed by atoms with Crippen molar-refractivity contribution in [1.29, 1.82) is 0 Å². The first kappa shape index (κ1) is 22.9. The van der Waals surface area contributed by atoms with E-state index in [0.29, 0.717) is 37.5 Å². The molecule has 2 amide bonds. The molecule has 1 aliphatic rings. The van der Waals surface area contributed by atoms with Gasteiger partial charge in [0.05, 0.1) is 13.7 Å². The highest BCUT2D eigenvalue weighted by atomic mass is 16.7. The number of carbonyl (C=O) groups excluding carboxylic acids is 3. The second-order valence-electron chi connectivity index (χ2n) is 7.04. The Labute approximate surface area is 187 Å². The van der Waals surface area contributed by atoms with Crippen molar-refractivity contribution in [2.75, 3.05) is 39.9 Å². The third-order valence-corrected chi connectivity index (χ3v) is 4.96. The predicted octanol–water partition coefficient (Wildman–Crippen LogP) is 3.23. The number of benzene rings is 2. The quantitative estimate of drug-likeness (QED) is 0.391. The van der Waals surface area contributed by atoms with Crippen LogP contribution in [0, 0.1) is 0 Å². The molecule has 0 aromatic heterocycles. The Morgan fingerprint density at radius 2 is 1.62 bits per heavy atom. The maximum atomic E-state index is 12.7. The minimum atomic E-state index is -0.784. The summed E-state index contributed by atoms with van der Waals surface area (Å²) in [6.07, 6.45) is 2.50. The number of methoxy groups -OCH3 is 1. The first-order chi connectivity index (χ1) is 15.5. The topological polar surface area (TPSA) is 85.4 Å². The van der Waals surface area contributed by atoms with Crippen LogP contribution >= 0.6 is 0 Å². The average molecular weight is 438 g/mol. The minimum Gasteiger partial charge on any atom is -0.497 e. The van der Waals surface area contributed by atoms with E-state index in [9.17, 15) is 14.4 Å². The van der Waals surface area contributed by atoms with Crippen LogP contribution in [-0.4, -0.2) is 67.7 Å². The Bertz CT molecular complexity index is 978. The zero-order chi connectivity index (χ0) is 22.9. The highest BCUT2D eigenvalue weighted by Gasteiger charge is 2.24. The van der Waals surface area contributed by atoms with Gasteiger partial charge >= 0.3 is 6.16 Å². The zero-order valence-electron chi connectivity index (χ0n) is 18.2. The Morgan fingerprint density at radius 3 is 2.28 bits per heavy atom. The second-order valence-corrected chi connectivity index (χ2v) is 7.04. The van der Waals surface area contributed by atoms with Gasteiger partial charge in [0, 0.05) is 37.8 Å². The third kappa shape index (κ3) is 6.10. The number of carbonyl (C=O) groups is 3. The Balaban J connectivity index is 1.51. The van der Waals surface area contributed by atoms with Gasteiger partial charge in [-0.1, -0.05) is 12.1 Å². The molecule has 0 atom stereocenters. The first-order valence-corrected chi connectivity index (χ1v) is 10.3. The lowest BCUT2D eigenvalue weighted by Crippen LogP contribution is -2.50. The SMILES string of the molecule is CCOC(=O)Oc1ccc(C(=O)N2CCN(C(=O)/C=C/c3cccc(OC)c3)CC2)cc1. The molecule has 1 aliphatic heterocycles. The van der Waals surface area contributed by atoms with Crippen LogP contribution in [0.25, 0.3) is 6.08 Å².